The van der Waals surface area contributed by atoms with Crippen LogP contribution in [0.1, 0.15) is 12.5 Å². The lowest BCUT2D eigenvalue weighted by molar-refractivity contribution is -0.116. The van der Waals surface area contributed by atoms with E-state index in [1.807, 2.05) is 31.2 Å². The predicted molar refractivity (Wildman–Crippen MR) is 97.4 cm³/mol. The fourth-order valence-corrected chi connectivity index (χ4v) is 3.46. The van der Waals surface area contributed by atoms with Crippen molar-refractivity contribution < 1.29 is 17.9 Å². The number of nitrogens with one attached hydrogen (secondary N) is 1. The van der Waals surface area contributed by atoms with Crippen molar-refractivity contribution >= 4 is 21.6 Å². The van der Waals surface area contributed by atoms with Crippen molar-refractivity contribution in [1.29, 1.82) is 0 Å². The molecule has 0 bridgehead atoms. The Labute approximate surface area is 148 Å². The van der Waals surface area contributed by atoms with Crippen molar-refractivity contribution in [2.45, 2.75) is 18.7 Å². The zero-order chi connectivity index (χ0) is 18.4. The van der Waals surface area contributed by atoms with Crippen LogP contribution in [0.5, 0.6) is 5.75 Å². The van der Waals surface area contributed by atoms with E-state index in [2.05, 4.69) is 4.72 Å². The number of nitrogens with zero attached hydrogens (tertiary/aromatic N) is 1. The highest BCUT2D eigenvalue weighted by Gasteiger charge is 2.17. The molecule has 0 aromatic heterocycles. The Morgan fingerprint density at radius 1 is 1.12 bits per heavy atom. The molecule has 0 spiro atoms. The van der Waals surface area contributed by atoms with Crippen LogP contribution in [0.3, 0.4) is 0 Å². The van der Waals surface area contributed by atoms with Crippen LogP contribution in [-0.2, 0) is 14.8 Å². The molecular weight excluding hydrogens is 340 g/mol. The maximum atomic E-state index is 12.3. The van der Waals surface area contributed by atoms with Crippen LogP contribution in [0.25, 0.3) is 0 Å². The number of amides is 1. The molecule has 0 aliphatic heterocycles. The average Bonchev–Trinajstić information content (AvgIpc) is 2.59. The lowest BCUT2D eigenvalue weighted by Gasteiger charge is -2.23. The summed E-state index contributed by atoms with van der Waals surface area (Å²) in [6.07, 6.45) is 0. The highest BCUT2D eigenvalue weighted by molar-refractivity contribution is 7.89. The van der Waals surface area contributed by atoms with Gasteiger partial charge in [-0.1, -0.05) is 18.2 Å². The first-order valence-electron chi connectivity index (χ1n) is 7.82. The fraction of sp³-hybridized carbons (Fsp3) is 0.278. The van der Waals surface area contributed by atoms with Crippen molar-refractivity contribution in [3.63, 3.8) is 0 Å². The summed E-state index contributed by atoms with van der Waals surface area (Å²) in [6, 6.07) is 13.6. The van der Waals surface area contributed by atoms with Gasteiger partial charge < -0.3 is 9.64 Å². The minimum absolute atomic E-state index is 0.113. The molecule has 0 unspecified atom stereocenters. The first kappa shape index (κ1) is 19.0. The molecule has 2 aromatic rings. The normalized spacial score (nSPS) is 11.2. The number of benzene rings is 2. The Bertz CT molecular complexity index is 832. The molecule has 1 amide bonds. The van der Waals surface area contributed by atoms with Gasteiger partial charge in [0.1, 0.15) is 5.75 Å². The first-order valence-corrected chi connectivity index (χ1v) is 9.31. The van der Waals surface area contributed by atoms with Gasteiger partial charge in [-0.25, -0.2) is 13.1 Å². The number of hydrogen-bond donors (Lipinski definition) is 1. The molecule has 6 nitrogen and oxygen atoms in total. The number of carbonyl (C=O) groups excluding carboxylic acids is 1. The molecule has 0 fully saturated rings. The minimum atomic E-state index is -3.64. The van der Waals surface area contributed by atoms with Gasteiger partial charge in [0, 0.05) is 25.7 Å². The van der Waals surface area contributed by atoms with E-state index in [4.69, 9.17) is 4.74 Å². The second-order valence-corrected chi connectivity index (χ2v) is 7.30. The molecule has 0 radical (unpaired) electrons. The summed E-state index contributed by atoms with van der Waals surface area (Å²) in [6.45, 7) is 3.73. The van der Waals surface area contributed by atoms with Crippen molar-refractivity contribution in [2.24, 2.45) is 0 Å². The molecule has 7 heteroatoms. The second kappa shape index (κ2) is 8.13. The largest absolute Gasteiger partial charge is 0.497 e. The van der Waals surface area contributed by atoms with Crippen molar-refractivity contribution in [2.75, 3.05) is 25.1 Å². The maximum absolute atomic E-state index is 12.3. The Kier molecular flexibility index (Phi) is 6.17. The van der Waals surface area contributed by atoms with Crippen molar-refractivity contribution in [1.82, 2.24) is 4.72 Å². The third kappa shape index (κ3) is 4.80. The van der Waals surface area contributed by atoms with Crippen LogP contribution in [-0.4, -0.2) is 34.5 Å². The smallest absolute Gasteiger partial charge is 0.240 e. The zero-order valence-electron chi connectivity index (χ0n) is 14.5. The van der Waals surface area contributed by atoms with Gasteiger partial charge in [0.05, 0.1) is 12.0 Å². The quantitative estimate of drug-likeness (QED) is 0.820. The number of carbonyl (C=O) groups is 1. The number of para-hydroxylation sites is 1. The summed E-state index contributed by atoms with van der Waals surface area (Å²) in [5.74, 6) is 0.444. The van der Waals surface area contributed by atoms with E-state index in [-0.39, 0.29) is 23.9 Å². The van der Waals surface area contributed by atoms with E-state index in [0.29, 0.717) is 5.75 Å². The molecule has 0 saturated carbocycles. The summed E-state index contributed by atoms with van der Waals surface area (Å²) in [5, 5.41) is 0. The SMILES string of the molecule is COc1ccc(S(=O)(=O)NCCN(C(C)=O)c2ccccc2C)cc1. The van der Waals surface area contributed by atoms with Gasteiger partial charge in [0.25, 0.3) is 0 Å². The molecular formula is C18H22N2O4S. The van der Waals surface area contributed by atoms with Crippen LogP contribution < -0.4 is 14.4 Å². The van der Waals surface area contributed by atoms with Crippen LogP contribution in [0.2, 0.25) is 0 Å². The summed E-state index contributed by atoms with van der Waals surface area (Å²) in [7, 11) is -2.12. The topological polar surface area (TPSA) is 75.7 Å². The monoisotopic (exact) mass is 362 g/mol. The molecule has 0 atom stereocenters. The van der Waals surface area contributed by atoms with Gasteiger partial charge in [0.2, 0.25) is 15.9 Å². The number of aryl methyl sites for hydroxylation is 1. The van der Waals surface area contributed by atoms with Crippen LogP contribution in [0.4, 0.5) is 5.69 Å². The number of anilines is 1. The lowest BCUT2D eigenvalue weighted by Crippen LogP contribution is -2.37. The highest BCUT2D eigenvalue weighted by Crippen LogP contribution is 2.19. The van der Waals surface area contributed by atoms with Gasteiger partial charge in [-0.05, 0) is 42.8 Å². The standard InChI is InChI=1S/C18H22N2O4S/c1-14-6-4-5-7-18(14)20(15(2)21)13-12-19-25(22,23)17-10-8-16(24-3)9-11-17/h4-11,19H,12-13H2,1-3H3. The minimum Gasteiger partial charge on any atom is -0.497 e. The van der Waals surface area contributed by atoms with E-state index in [9.17, 15) is 13.2 Å². The molecule has 0 aliphatic rings. The van der Waals surface area contributed by atoms with Gasteiger partial charge in [-0.15, -0.1) is 0 Å². The molecule has 1 N–H and O–H groups in total. The lowest BCUT2D eigenvalue weighted by atomic mass is 10.2. The van der Waals surface area contributed by atoms with Crippen molar-refractivity contribution in [3.8, 4) is 5.75 Å². The molecule has 0 saturated heterocycles. The molecule has 0 heterocycles. The van der Waals surface area contributed by atoms with E-state index in [1.54, 1.807) is 17.0 Å². The highest BCUT2D eigenvalue weighted by atomic mass is 32.2. The number of sulfonamides is 1. The van der Waals surface area contributed by atoms with Gasteiger partial charge in [0.15, 0.2) is 0 Å². The Morgan fingerprint density at radius 2 is 1.76 bits per heavy atom. The van der Waals surface area contributed by atoms with Gasteiger partial charge in [-0.3, -0.25) is 4.79 Å². The van der Waals surface area contributed by atoms with E-state index < -0.39 is 10.0 Å². The molecule has 0 aliphatic carbocycles. The van der Waals surface area contributed by atoms with Crippen LogP contribution >= 0.6 is 0 Å². The molecule has 2 rings (SSSR count). The summed E-state index contributed by atoms with van der Waals surface area (Å²) < 4.78 is 32.2. The maximum Gasteiger partial charge on any atom is 0.240 e. The van der Waals surface area contributed by atoms with Gasteiger partial charge >= 0.3 is 0 Å². The van der Waals surface area contributed by atoms with Crippen LogP contribution in [0, 0.1) is 6.92 Å². The van der Waals surface area contributed by atoms with Crippen molar-refractivity contribution in [3.05, 3.63) is 54.1 Å². The Hall–Kier alpha value is -2.38. The zero-order valence-corrected chi connectivity index (χ0v) is 15.3. The summed E-state index contributed by atoms with van der Waals surface area (Å²) in [5.41, 5.74) is 1.73. The molecule has 2 aromatic carbocycles. The van der Waals surface area contributed by atoms with E-state index in [1.165, 1.54) is 26.2 Å². The van der Waals surface area contributed by atoms with E-state index in [0.717, 1.165) is 11.3 Å². The number of methoxy groups -OCH3 is 1. The third-order valence-corrected chi connectivity index (χ3v) is 5.26. The van der Waals surface area contributed by atoms with Crippen LogP contribution in [0.15, 0.2) is 53.4 Å². The molecule has 25 heavy (non-hydrogen) atoms. The fourth-order valence-electron chi connectivity index (χ4n) is 2.44. The average molecular weight is 362 g/mol. The summed E-state index contributed by atoms with van der Waals surface area (Å²) in [4.78, 5) is 13.6. The number of rotatable bonds is 7. The number of ether oxygens (including phenoxy) is 1. The predicted octanol–water partition coefficient (Wildman–Crippen LogP) is 2.34. The third-order valence-electron chi connectivity index (χ3n) is 3.78. The van der Waals surface area contributed by atoms with Gasteiger partial charge in [-0.2, -0.15) is 0 Å². The summed E-state index contributed by atoms with van der Waals surface area (Å²) >= 11 is 0. The first-order chi connectivity index (χ1) is 11.8. The molecule has 134 valence electrons. The number of hydrogen-bond acceptors (Lipinski definition) is 4. The second-order valence-electron chi connectivity index (χ2n) is 5.53. The Morgan fingerprint density at radius 3 is 2.32 bits per heavy atom. The Balaban J connectivity index is 2.06. The van der Waals surface area contributed by atoms with E-state index >= 15 is 0 Å².